The maximum atomic E-state index is 12.8. The highest BCUT2D eigenvalue weighted by molar-refractivity contribution is 8.00. The van der Waals surface area contributed by atoms with Gasteiger partial charge in [0.25, 0.3) is 0 Å². The molecular formula is C26H26N4O2S. The van der Waals surface area contributed by atoms with Crippen molar-refractivity contribution in [2.45, 2.75) is 5.03 Å². The van der Waals surface area contributed by atoms with E-state index in [1.807, 2.05) is 65.6 Å². The largest absolute Gasteiger partial charge is 0.497 e. The summed E-state index contributed by atoms with van der Waals surface area (Å²) in [4.78, 5) is 21.7. The lowest BCUT2D eigenvalue weighted by Gasteiger charge is -2.32. The molecule has 2 heterocycles. The first-order chi connectivity index (χ1) is 16.1. The highest BCUT2D eigenvalue weighted by Crippen LogP contribution is 2.34. The van der Waals surface area contributed by atoms with E-state index >= 15 is 0 Å². The van der Waals surface area contributed by atoms with Crippen molar-refractivity contribution < 1.29 is 9.53 Å². The molecule has 1 fully saturated rings. The fraction of sp³-hybridized carbons (Fsp3) is 0.269. The quantitative estimate of drug-likeness (QED) is 0.517. The fourth-order valence-corrected chi connectivity index (χ4v) is 4.67. The van der Waals surface area contributed by atoms with Crippen LogP contribution in [0.15, 0.2) is 65.7 Å². The Labute approximate surface area is 198 Å². The van der Waals surface area contributed by atoms with Gasteiger partial charge in [0.1, 0.15) is 16.8 Å². The Bertz CT molecular complexity index is 1150. The average molecular weight is 459 g/mol. The van der Waals surface area contributed by atoms with Gasteiger partial charge in [0.05, 0.1) is 24.1 Å². The van der Waals surface area contributed by atoms with Crippen molar-refractivity contribution in [2.24, 2.45) is 0 Å². The molecule has 2 aromatic carbocycles. The van der Waals surface area contributed by atoms with Crippen LogP contribution in [-0.2, 0) is 4.79 Å². The molecule has 1 aliphatic heterocycles. The Morgan fingerprint density at radius 2 is 1.76 bits per heavy atom. The number of methoxy groups -OCH3 is 1. The van der Waals surface area contributed by atoms with Crippen LogP contribution < -0.4 is 4.74 Å². The summed E-state index contributed by atoms with van der Waals surface area (Å²) >= 11 is 1.34. The summed E-state index contributed by atoms with van der Waals surface area (Å²) in [6.07, 6.45) is 0. The average Bonchev–Trinajstić information content (AvgIpc) is 2.87. The standard InChI is InChI=1S/C26H26N4O2S/c1-29-12-14-30(15-13-29)25(31)18-33-26-23(17-27)22(19-6-4-3-5-7-19)16-24(28-26)20-8-10-21(32-2)11-9-20/h3-11,16H,12-15,18H2,1-2H3. The topological polar surface area (TPSA) is 69.5 Å². The summed E-state index contributed by atoms with van der Waals surface area (Å²) in [5.41, 5.74) is 3.93. The third-order valence-corrected chi connectivity index (χ3v) is 6.72. The van der Waals surface area contributed by atoms with E-state index in [2.05, 4.69) is 18.0 Å². The maximum absolute atomic E-state index is 12.8. The number of hydrogen-bond donors (Lipinski definition) is 0. The van der Waals surface area contributed by atoms with Crippen LogP contribution in [0.3, 0.4) is 0 Å². The number of piperazine rings is 1. The number of carbonyl (C=O) groups excluding carboxylic acids is 1. The summed E-state index contributed by atoms with van der Waals surface area (Å²) in [5, 5.41) is 10.6. The van der Waals surface area contributed by atoms with Gasteiger partial charge >= 0.3 is 0 Å². The van der Waals surface area contributed by atoms with Gasteiger partial charge in [-0.1, -0.05) is 42.1 Å². The van der Waals surface area contributed by atoms with E-state index < -0.39 is 0 Å². The fourth-order valence-electron chi connectivity index (χ4n) is 3.77. The predicted octanol–water partition coefficient (Wildman–Crippen LogP) is 4.16. The van der Waals surface area contributed by atoms with Crippen LogP contribution in [0.25, 0.3) is 22.4 Å². The normalized spacial score (nSPS) is 14.0. The molecule has 0 radical (unpaired) electrons. The van der Waals surface area contributed by atoms with Gasteiger partial charge in [0, 0.05) is 37.3 Å². The summed E-state index contributed by atoms with van der Waals surface area (Å²) in [6, 6.07) is 21.8. The molecule has 1 aromatic heterocycles. The number of carbonyl (C=O) groups is 1. The Balaban J connectivity index is 1.68. The van der Waals surface area contributed by atoms with Gasteiger partial charge in [-0.15, -0.1) is 0 Å². The van der Waals surface area contributed by atoms with Crippen LogP contribution in [0.2, 0.25) is 0 Å². The molecule has 33 heavy (non-hydrogen) atoms. The zero-order chi connectivity index (χ0) is 23.2. The minimum atomic E-state index is 0.0786. The van der Waals surface area contributed by atoms with Gasteiger partial charge in [-0.2, -0.15) is 5.26 Å². The molecule has 1 saturated heterocycles. The first kappa shape index (κ1) is 22.8. The van der Waals surface area contributed by atoms with Crippen molar-refractivity contribution in [2.75, 3.05) is 46.1 Å². The van der Waals surface area contributed by atoms with Gasteiger partial charge in [-0.3, -0.25) is 4.79 Å². The number of rotatable bonds is 6. The Kier molecular flexibility index (Phi) is 7.28. The minimum Gasteiger partial charge on any atom is -0.497 e. The molecule has 0 spiro atoms. The van der Waals surface area contributed by atoms with Crippen LogP contribution in [-0.4, -0.2) is 66.8 Å². The second kappa shape index (κ2) is 10.5. The molecule has 1 amide bonds. The van der Waals surface area contributed by atoms with Crippen LogP contribution in [0.5, 0.6) is 5.75 Å². The first-order valence-electron chi connectivity index (χ1n) is 10.8. The van der Waals surface area contributed by atoms with Crippen LogP contribution in [0, 0.1) is 11.3 Å². The third-order valence-electron chi connectivity index (χ3n) is 5.76. The summed E-state index contributed by atoms with van der Waals surface area (Å²) in [5.74, 6) is 1.10. The number of nitrogens with zero attached hydrogens (tertiary/aromatic N) is 4. The van der Waals surface area contributed by atoms with E-state index in [4.69, 9.17) is 9.72 Å². The zero-order valence-corrected chi connectivity index (χ0v) is 19.6. The van der Waals surface area contributed by atoms with Gasteiger partial charge in [0.2, 0.25) is 5.91 Å². The van der Waals surface area contributed by atoms with Gasteiger partial charge in [-0.05, 0) is 42.9 Å². The van der Waals surface area contributed by atoms with E-state index in [9.17, 15) is 10.1 Å². The smallest absolute Gasteiger partial charge is 0.233 e. The van der Waals surface area contributed by atoms with Crippen molar-refractivity contribution in [1.29, 1.82) is 5.26 Å². The highest BCUT2D eigenvalue weighted by atomic mass is 32.2. The second-order valence-corrected chi connectivity index (χ2v) is 8.88. The molecule has 6 nitrogen and oxygen atoms in total. The van der Waals surface area contributed by atoms with Crippen LogP contribution in [0.1, 0.15) is 5.56 Å². The molecule has 0 N–H and O–H groups in total. The molecule has 0 bridgehead atoms. The van der Waals surface area contributed by atoms with E-state index in [-0.39, 0.29) is 11.7 Å². The number of ether oxygens (including phenoxy) is 1. The first-order valence-corrected chi connectivity index (χ1v) is 11.8. The number of thioether (sulfide) groups is 1. The van der Waals surface area contributed by atoms with Crippen LogP contribution >= 0.6 is 11.8 Å². The van der Waals surface area contributed by atoms with E-state index in [0.29, 0.717) is 10.6 Å². The molecule has 3 aromatic rings. The summed E-state index contributed by atoms with van der Waals surface area (Å²) in [6.45, 7) is 3.22. The summed E-state index contributed by atoms with van der Waals surface area (Å²) in [7, 11) is 3.70. The molecule has 168 valence electrons. The number of nitriles is 1. The lowest BCUT2D eigenvalue weighted by molar-refractivity contribution is -0.129. The van der Waals surface area contributed by atoms with Crippen molar-refractivity contribution in [3.63, 3.8) is 0 Å². The second-order valence-electron chi connectivity index (χ2n) is 7.91. The van der Waals surface area contributed by atoms with Gasteiger partial charge in [0.15, 0.2) is 0 Å². The lowest BCUT2D eigenvalue weighted by Crippen LogP contribution is -2.47. The number of benzene rings is 2. The predicted molar refractivity (Wildman–Crippen MR) is 131 cm³/mol. The molecule has 4 rings (SSSR count). The number of likely N-dealkylation sites (N-methyl/N-ethyl adjacent to an activating group) is 1. The maximum Gasteiger partial charge on any atom is 0.233 e. The molecule has 0 unspecified atom stereocenters. The molecule has 0 saturated carbocycles. The lowest BCUT2D eigenvalue weighted by atomic mass is 9.99. The molecular weight excluding hydrogens is 432 g/mol. The highest BCUT2D eigenvalue weighted by Gasteiger charge is 2.21. The van der Waals surface area contributed by atoms with Gasteiger partial charge in [-0.25, -0.2) is 4.98 Å². The van der Waals surface area contributed by atoms with Crippen molar-refractivity contribution >= 4 is 17.7 Å². The number of hydrogen-bond acceptors (Lipinski definition) is 6. The van der Waals surface area contributed by atoms with E-state index in [1.165, 1.54) is 11.8 Å². The Morgan fingerprint density at radius 1 is 1.06 bits per heavy atom. The molecule has 0 aliphatic carbocycles. The number of aromatic nitrogens is 1. The number of amides is 1. The summed E-state index contributed by atoms with van der Waals surface area (Å²) < 4.78 is 5.27. The van der Waals surface area contributed by atoms with Gasteiger partial charge < -0.3 is 14.5 Å². The third kappa shape index (κ3) is 5.36. The van der Waals surface area contributed by atoms with E-state index in [1.54, 1.807) is 7.11 Å². The SMILES string of the molecule is COc1ccc(-c2cc(-c3ccccc3)c(C#N)c(SCC(=O)N3CCN(C)CC3)n2)cc1. The molecule has 7 heteroatoms. The van der Waals surface area contributed by atoms with E-state index in [0.717, 1.165) is 54.3 Å². The molecule has 0 atom stereocenters. The Morgan fingerprint density at radius 3 is 2.39 bits per heavy atom. The van der Waals surface area contributed by atoms with Crippen molar-refractivity contribution in [1.82, 2.24) is 14.8 Å². The Hall–Kier alpha value is -3.34. The number of pyridine rings is 1. The van der Waals surface area contributed by atoms with Crippen molar-refractivity contribution in [3.8, 4) is 34.2 Å². The van der Waals surface area contributed by atoms with Crippen molar-refractivity contribution in [3.05, 3.63) is 66.2 Å². The monoisotopic (exact) mass is 458 g/mol. The zero-order valence-electron chi connectivity index (χ0n) is 18.8. The minimum absolute atomic E-state index is 0.0786. The molecule has 1 aliphatic rings. The van der Waals surface area contributed by atoms with Crippen LogP contribution in [0.4, 0.5) is 0 Å².